The van der Waals surface area contributed by atoms with E-state index < -0.39 is 5.97 Å². The molecule has 3 rings (SSSR count). The van der Waals surface area contributed by atoms with Crippen LogP contribution in [0.2, 0.25) is 5.02 Å². The van der Waals surface area contributed by atoms with Crippen LogP contribution >= 0.6 is 11.6 Å². The number of carbonyl (C=O) groups is 1. The van der Waals surface area contributed by atoms with Crippen molar-refractivity contribution < 1.29 is 9.90 Å². The summed E-state index contributed by atoms with van der Waals surface area (Å²) in [5.74, 6) is -0.801. The maximum Gasteiger partial charge on any atom is 0.307 e. The van der Waals surface area contributed by atoms with E-state index >= 15 is 0 Å². The fourth-order valence-corrected chi connectivity index (χ4v) is 3.20. The van der Waals surface area contributed by atoms with Gasteiger partial charge in [0.25, 0.3) is 0 Å². The van der Waals surface area contributed by atoms with Gasteiger partial charge in [-0.2, -0.15) is 0 Å². The molecule has 1 aromatic carbocycles. The summed E-state index contributed by atoms with van der Waals surface area (Å²) in [5, 5.41) is 9.95. The lowest BCUT2D eigenvalue weighted by atomic mass is 10.0. The van der Waals surface area contributed by atoms with Gasteiger partial charge in [0.1, 0.15) is 0 Å². The SMILES string of the molecule is Cc1c(CC(=O)O)c2cccccc-2c1Cc1ccc(Cl)cc1. The smallest absolute Gasteiger partial charge is 0.307 e. The van der Waals surface area contributed by atoms with Crippen LogP contribution in [0.15, 0.2) is 54.6 Å². The molecule has 0 heterocycles. The molecule has 2 aliphatic carbocycles. The van der Waals surface area contributed by atoms with Crippen molar-refractivity contribution in [2.75, 3.05) is 0 Å². The second-order valence-electron chi connectivity index (χ2n) is 5.69. The van der Waals surface area contributed by atoms with E-state index in [9.17, 15) is 9.90 Å². The maximum atomic E-state index is 11.2. The van der Waals surface area contributed by atoms with E-state index in [4.69, 9.17) is 11.6 Å². The first kappa shape index (κ1) is 15.6. The summed E-state index contributed by atoms with van der Waals surface area (Å²) in [6.07, 6.45) is 0.816. The molecule has 116 valence electrons. The molecule has 0 spiro atoms. The minimum atomic E-state index is -0.801. The first-order valence-corrected chi connectivity index (χ1v) is 7.89. The first-order chi connectivity index (χ1) is 11.1. The Morgan fingerprint density at radius 2 is 1.57 bits per heavy atom. The van der Waals surface area contributed by atoms with Gasteiger partial charge in [0.15, 0.2) is 0 Å². The summed E-state index contributed by atoms with van der Waals surface area (Å²) in [6.45, 7) is 2.02. The molecule has 0 aliphatic heterocycles. The minimum absolute atomic E-state index is 0.0486. The summed E-state index contributed by atoms with van der Waals surface area (Å²) in [4.78, 5) is 11.2. The van der Waals surface area contributed by atoms with E-state index in [0.717, 1.165) is 39.3 Å². The van der Waals surface area contributed by atoms with Crippen LogP contribution in [0.3, 0.4) is 0 Å². The first-order valence-electron chi connectivity index (χ1n) is 7.51. The molecular formula is C20H17ClO2. The van der Waals surface area contributed by atoms with Gasteiger partial charge in [-0.05, 0) is 58.9 Å². The summed E-state index contributed by atoms with van der Waals surface area (Å²) in [5.41, 5.74) is 6.49. The van der Waals surface area contributed by atoms with Gasteiger partial charge in [0, 0.05) is 5.02 Å². The van der Waals surface area contributed by atoms with E-state index in [1.165, 1.54) is 5.56 Å². The van der Waals surface area contributed by atoms with Gasteiger partial charge in [-0.25, -0.2) is 0 Å². The van der Waals surface area contributed by atoms with Crippen molar-refractivity contribution in [3.63, 3.8) is 0 Å². The number of halogens is 1. The minimum Gasteiger partial charge on any atom is -0.481 e. The second-order valence-corrected chi connectivity index (χ2v) is 6.13. The van der Waals surface area contributed by atoms with Crippen molar-refractivity contribution in [1.82, 2.24) is 0 Å². The quantitative estimate of drug-likeness (QED) is 0.735. The Labute approximate surface area is 140 Å². The van der Waals surface area contributed by atoms with Crippen LogP contribution in [-0.2, 0) is 17.6 Å². The van der Waals surface area contributed by atoms with Gasteiger partial charge < -0.3 is 5.11 Å². The normalized spacial score (nSPS) is 10.9. The van der Waals surface area contributed by atoms with Crippen molar-refractivity contribution in [2.45, 2.75) is 19.8 Å². The summed E-state index contributed by atoms with van der Waals surface area (Å²) < 4.78 is 0. The fourth-order valence-electron chi connectivity index (χ4n) is 3.07. The third-order valence-electron chi connectivity index (χ3n) is 4.22. The lowest BCUT2D eigenvalue weighted by Gasteiger charge is -2.05. The van der Waals surface area contributed by atoms with E-state index in [1.807, 2.05) is 55.5 Å². The standard InChI is InChI=1S/C20H17ClO2/c1-13-18(11-14-7-9-15(21)10-8-14)16-5-3-2-4-6-17(16)19(13)12-20(22)23/h2-10H,11-12H2,1H3,(H,22,23). The number of carboxylic acid groups (broad SMARTS) is 1. The average molecular weight is 325 g/mol. The fraction of sp³-hybridized carbons (Fsp3) is 0.150. The van der Waals surface area contributed by atoms with Crippen LogP contribution in [0.1, 0.15) is 22.3 Å². The number of aliphatic carboxylic acids is 1. The van der Waals surface area contributed by atoms with Crippen LogP contribution in [0.4, 0.5) is 0 Å². The largest absolute Gasteiger partial charge is 0.481 e. The Morgan fingerprint density at radius 3 is 2.17 bits per heavy atom. The lowest BCUT2D eigenvalue weighted by molar-refractivity contribution is -0.136. The van der Waals surface area contributed by atoms with Crippen molar-refractivity contribution in [3.8, 4) is 11.1 Å². The van der Waals surface area contributed by atoms with Crippen LogP contribution in [0, 0.1) is 6.92 Å². The zero-order valence-electron chi connectivity index (χ0n) is 12.8. The Hall–Kier alpha value is -2.32. The Morgan fingerprint density at radius 1 is 0.957 bits per heavy atom. The predicted octanol–water partition coefficient (Wildman–Crippen LogP) is 4.97. The summed E-state index contributed by atoms with van der Waals surface area (Å²) in [7, 11) is 0. The second kappa shape index (κ2) is 6.43. The number of hydrogen-bond donors (Lipinski definition) is 1. The van der Waals surface area contributed by atoms with Crippen LogP contribution < -0.4 is 0 Å². The Kier molecular flexibility index (Phi) is 4.35. The number of benzene rings is 1. The third kappa shape index (κ3) is 3.22. The van der Waals surface area contributed by atoms with Crippen molar-refractivity contribution in [3.05, 3.63) is 81.9 Å². The average Bonchev–Trinajstić information content (AvgIpc) is 2.70. The molecule has 0 bridgehead atoms. The molecule has 0 radical (unpaired) electrons. The lowest BCUT2D eigenvalue weighted by Crippen LogP contribution is -2.01. The zero-order valence-corrected chi connectivity index (χ0v) is 13.6. The zero-order chi connectivity index (χ0) is 16.4. The summed E-state index contributed by atoms with van der Waals surface area (Å²) >= 11 is 5.95. The monoisotopic (exact) mass is 324 g/mol. The molecule has 3 heteroatoms. The van der Waals surface area contributed by atoms with E-state index in [0.29, 0.717) is 0 Å². The molecule has 1 aromatic rings. The van der Waals surface area contributed by atoms with Crippen molar-refractivity contribution >= 4 is 17.6 Å². The molecule has 2 nitrogen and oxygen atoms in total. The van der Waals surface area contributed by atoms with Crippen molar-refractivity contribution in [1.29, 1.82) is 0 Å². The Bertz CT molecular complexity index is 822. The highest BCUT2D eigenvalue weighted by Gasteiger charge is 2.21. The van der Waals surface area contributed by atoms with Crippen LogP contribution in [0.5, 0.6) is 0 Å². The third-order valence-corrected chi connectivity index (χ3v) is 4.47. The number of carboxylic acids is 1. The molecule has 0 amide bonds. The highest BCUT2D eigenvalue weighted by Crippen LogP contribution is 2.37. The van der Waals surface area contributed by atoms with Gasteiger partial charge in [0.2, 0.25) is 0 Å². The molecule has 1 N–H and O–H groups in total. The van der Waals surface area contributed by atoms with E-state index in [1.54, 1.807) is 0 Å². The van der Waals surface area contributed by atoms with Gasteiger partial charge in [-0.1, -0.05) is 54.1 Å². The van der Waals surface area contributed by atoms with E-state index in [2.05, 4.69) is 6.07 Å². The Balaban J connectivity index is 2.11. The molecule has 0 saturated carbocycles. The highest BCUT2D eigenvalue weighted by molar-refractivity contribution is 6.30. The van der Waals surface area contributed by atoms with Gasteiger partial charge >= 0.3 is 5.97 Å². The molecule has 0 unspecified atom stereocenters. The van der Waals surface area contributed by atoms with E-state index in [-0.39, 0.29) is 6.42 Å². The van der Waals surface area contributed by atoms with Crippen LogP contribution in [0.25, 0.3) is 11.1 Å². The number of fused-ring (bicyclic) bond motifs is 1. The number of rotatable bonds is 4. The number of hydrogen-bond acceptors (Lipinski definition) is 1. The van der Waals surface area contributed by atoms with Crippen LogP contribution in [-0.4, -0.2) is 11.1 Å². The molecule has 0 atom stereocenters. The van der Waals surface area contributed by atoms with Gasteiger partial charge in [0.05, 0.1) is 6.42 Å². The predicted molar refractivity (Wildman–Crippen MR) is 93.4 cm³/mol. The highest BCUT2D eigenvalue weighted by atomic mass is 35.5. The molecule has 0 aromatic heterocycles. The molecule has 0 saturated heterocycles. The topological polar surface area (TPSA) is 37.3 Å². The molecule has 0 fully saturated rings. The molecular weight excluding hydrogens is 308 g/mol. The molecule has 23 heavy (non-hydrogen) atoms. The molecule has 2 aliphatic rings. The van der Waals surface area contributed by atoms with Gasteiger partial charge in [-0.15, -0.1) is 0 Å². The van der Waals surface area contributed by atoms with Gasteiger partial charge in [-0.3, -0.25) is 4.79 Å². The summed E-state index contributed by atoms with van der Waals surface area (Å²) in [6, 6.07) is 17.8. The van der Waals surface area contributed by atoms with Crippen molar-refractivity contribution in [2.24, 2.45) is 0 Å². The maximum absolute atomic E-state index is 11.2.